The third kappa shape index (κ3) is 3.83. The largest absolute Gasteiger partial charge is 0.351 e. The van der Waals surface area contributed by atoms with Gasteiger partial charge in [-0.15, -0.1) is 0 Å². The highest BCUT2D eigenvalue weighted by Crippen LogP contribution is 2.15. The van der Waals surface area contributed by atoms with Crippen LogP contribution in [0.3, 0.4) is 0 Å². The Labute approximate surface area is 99.3 Å². The van der Waals surface area contributed by atoms with Gasteiger partial charge in [0.15, 0.2) is 5.16 Å². The Kier molecular flexibility index (Phi) is 4.60. The van der Waals surface area contributed by atoms with Crippen molar-refractivity contribution in [2.45, 2.75) is 32.0 Å². The van der Waals surface area contributed by atoms with Crippen LogP contribution in [0.2, 0.25) is 5.28 Å². The van der Waals surface area contributed by atoms with Crippen molar-refractivity contribution < 1.29 is 0 Å². The molecule has 1 aromatic heterocycles. The number of hydrogen-bond acceptors (Lipinski definition) is 5. The Bertz CT molecular complexity index is 332. The molecule has 1 unspecified atom stereocenters. The van der Waals surface area contributed by atoms with Crippen molar-refractivity contribution in [3.8, 4) is 0 Å². The lowest BCUT2D eigenvalue weighted by Gasteiger charge is -2.17. The van der Waals surface area contributed by atoms with E-state index in [4.69, 9.17) is 11.6 Å². The summed E-state index contributed by atoms with van der Waals surface area (Å²) in [6, 6.07) is 0.304. The van der Waals surface area contributed by atoms with Crippen LogP contribution in [-0.2, 0) is 0 Å². The van der Waals surface area contributed by atoms with Crippen LogP contribution in [-0.4, -0.2) is 27.2 Å². The Hall–Kier alpha value is -0.550. The molecule has 1 aromatic rings. The van der Waals surface area contributed by atoms with E-state index in [1.807, 2.05) is 6.26 Å². The first-order valence-electron chi connectivity index (χ1n) is 4.75. The van der Waals surface area contributed by atoms with Gasteiger partial charge >= 0.3 is 0 Å². The van der Waals surface area contributed by atoms with Crippen LogP contribution < -0.4 is 5.32 Å². The van der Waals surface area contributed by atoms with Crippen LogP contribution in [0.15, 0.2) is 5.16 Å². The normalized spacial score (nSPS) is 12.9. The average molecular weight is 247 g/mol. The van der Waals surface area contributed by atoms with Crippen LogP contribution in [0.5, 0.6) is 0 Å². The predicted octanol–water partition coefficient (Wildman–Crippen LogP) is 2.70. The summed E-state index contributed by atoms with van der Waals surface area (Å²) in [5, 5.41) is 4.06. The van der Waals surface area contributed by atoms with Crippen LogP contribution >= 0.6 is 23.4 Å². The highest BCUT2D eigenvalue weighted by atomic mass is 35.5. The Morgan fingerprint density at radius 3 is 2.40 bits per heavy atom. The smallest absolute Gasteiger partial charge is 0.228 e. The zero-order valence-corrected chi connectivity index (χ0v) is 10.9. The van der Waals surface area contributed by atoms with E-state index < -0.39 is 0 Å². The molecule has 84 valence electrons. The lowest BCUT2D eigenvalue weighted by Crippen LogP contribution is -2.23. The number of nitrogens with one attached hydrogen (secondary N) is 1. The van der Waals surface area contributed by atoms with Crippen LogP contribution in [0.1, 0.15) is 20.8 Å². The summed E-state index contributed by atoms with van der Waals surface area (Å²) in [4.78, 5) is 12.2. The summed E-state index contributed by atoms with van der Waals surface area (Å²) in [5.74, 6) is 1.05. The fourth-order valence-corrected chi connectivity index (χ4v) is 1.42. The van der Waals surface area contributed by atoms with Gasteiger partial charge in [-0.25, -0.2) is 0 Å². The van der Waals surface area contributed by atoms with E-state index >= 15 is 0 Å². The summed E-state index contributed by atoms with van der Waals surface area (Å²) in [6.45, 7) is 6.35. The fourth-order valence-electron chi connectivity index (χ4n) is 0.858. The maximum absolute atomic E-state index is 5.78. The van der Waals surface area contributed by atoms with E-state index in [0.717, 1.165) is 0 Å². The van der Waals surface area contributed by atoms with E-state index in [2.05, 4.69) is 41.0 Å². The number of aromatic nitrogens is 3. The molecule has 1 rings (SSSR count). The SMILES string of the molecule is CSc1nc(Cl)nc(NC(C)C(C)C)n1. The molecule has 1 heterocycles. The van der Waals surface area contributed by atoms with Crippen LogP contribution in [0.25, 0.3) is 0 Å². The van der Waals surface area contributed by atoms with E-state index in [9.17, 15) is 0 Å². The number of rotatable bonds is 4. The molecule has 15 heavy (non-hydrogen) atoms. The molecule has 4 nitrogen and oxygen atoms in total. The van der Waals surface area contributed by atoms with Gasteiger partial charge in [0.05, 0.1) is 0 Å². The van der Waals surface area contributed by atoms with Gasteiger partial charge in [0.1, 0.15) is 0 Å². The standard InChI is InChI=1S/C9H15ClN4S/c1-5(2)6(3)11-8-12-7(10)13-9(14-8)15-4/h5-6H,1-4H3,(H,11,12,13,14). The molecule has 0 amide bonds. The van der Waals surface area contributed by atoms with Gasteiger partial charge in [0, 0.05) is 6.04 Å². The van der Waals surface area contributed by atoms with Gasteiger partial charge in [-0.2, -0.15) is 15.0 Å². The highest BCUT2D eigenvalue weighted by Gasteiger charge is 2.10. The summed E-state index contributed by atoms with van der Waals surface area (Å²) in [6.07, 6.45) is 1.90. The number of anilines is 1. The molecule has 6 heteroatoms. The summed E-state index contributed by atoms with van der Waals surface area (Å²) < 4.78 is 0. The third-order valence-electron chi connectivity index (χ3n) is 2.13. The minimum absolute atomic E-state index is 0.229. The molecular weight excluding hydrogens is 232 g/mol. The molecule has 0 saturated carbocycles. The number of thioether (sulfide) groups is 1. The van der Waals surface area contributed by atoms with Crippen LogP contribution in [0.4, 0.5) is 5.95 Å². The fraction of sp³-hybridized carbons (Fsp3) is 0.667. The topological polar surface area (TPSA) is 50.7 Å². The number of halogens is 1. The average Bonchev–Trinajstić information content (AvgIpc) is 2.16. The second-order valence-corrected chi connectivity index (χ2v) is 4.70. The van der Waals surface area contributed by atoms with E-state index in [0.29, 0.717) is 23.1 Å². The molecule has 0 saturated heterocycles. The van der Waals surface area contributed by atoms with Crippen molar-refractivity contribution in [1.29, 1.82) is 0 Å². The Balaban J connectivity index is 2.80. The minimum atomic E-state index is 0.229. The third-order valence-corrected chi connectivity index (χ3v) is 2.84. The second-order valence-electron chi connectivity index (χ2n) is 3.59. The van der Waals surface area contributed by atoms with Crippen molar-refractivity contribution in [2.24, 2.45) is 5.92 Å². The lowest BCUT2D eigenvalue weighted by atomic mass is 10.1. The molecular formula is C9H15ClN4S. The van der Waals surface area contributed by atoms with Crippen molar-refractivity contribution in [1.82, 2.24) is 15.0 Å². The predicted molar refractivity (Wildman–Crippen MR) is 64.5 cm³/mol. The molecule has 0 spiro atoms. The monoisotopic (exact) mass is 246 g/mol. The van der Waals surface area contributed by atoms with Gasteiger partial charge in [-0.3, -0.25) is 0 Å². The summed E-state index contributed by atoms with van der Waals surface area (Å²) in [7, 11) is 0. The lowest BCUT2D eigenvalue weighted by molar-refractivity contribution is 0.555. The van der Waals surface area contributed by atoms with Crippen molar-refractivity contribution in [3.63, 3.8) is 0 Å². The van der Waals surface area contributed by atoms with Gasteiger partial charge in [0.25, 0.3) is 0 Å². The molecule has 1 atom stereocenters. The van der Waals surface area contributed by atoms with Crippen molar-refractivity contribution >= 4 is 29.3 Å². The highest BCUT2D eigenvalue weighted by molar-refractivity contribution is 7.98. The Morgan fingerprint density at radius 2 is 1.87 bits per heavy atom. The molecule has 0 aliphatic rings. The molecule has 1 N–H and O–H groups in total. The minimum Gasteiger partial charge on any atom is -0.351 e. The number of hydrogen-bond donors (Lipinski definition) is 1. The van der Waals surface area contributed by atoms with E-state index in [1.165, 1.54) is 11.8 Å². The number of nitrogens with zero attached hydrogens (tertiary/aromatic N) is 3. The molecule has 0 aliphatic carbocycles. The molecule has 0 bridgehead atoms. The Morgan fingerprint density at radius 1 is 1.20 bits per heavy atom. The molecule has 0 aliphatic heterocycles. The second kappa shape index (κ2) is 5.51. The van der Waals surface area contributed by atoms with Gasteiger partial charge in [-0.05, 0) is 30.7 Å². The first-order valence-corrected chi connectivity index (χ1v) is 6.35. The maximum atomic E-state index is 5.78. The molecule has 0 aromatic carbocycles. The van der Waals surface area contributed by atoms with Crippen molar-refractivity contribution in [2.75, 3.05) is 11.6 Å². The quantitative estimate of drug-likeness (QED) is 0.828. The maximum Gasteiger partial charge on any atom is 0.228 e. The summed E-state index contributed by atoms with van der Waals surface area (Å²) in [5.41, 5.74) is 0. The van der Waals surface area contributed by atoms with Crippen LogP contribution in [0, 0.1) is 5.92 Å². The first-order chi connectivity index (χ1) is 7.02. The van der Waals surface area contributed by atoms with Crippen molar-refractivity contribution in [3.05, 3.63) is 5.28 Å². The van der Waals surface area contributed by atoms with Gasteiger partial charge in [-0.1, -0.05) is 25.6 Å². The zero-order chi connectivity index (χ0) is 11.4. The van der Waals surface area contributed by atoms with Gasteiger partial charge < -0.3 is 5.32 Å². The molecule has 0 fully saturated rings. The van der Waals surface area contributed by atoms with E-state index in [-0.39, 0.29) is 5.28 Å². The zero-order valence-electron chi connectivity index (χ0n) is 9.28. The van der Waals surface area contributed by atoms with E-state index in [1.54, 1.807) is 0 Å². The molecule has 0 radical (unpaired) electrons. The summed E-state index contributed by atoms with van der Waals surface area (Å²) >= 11 is 7.22. The first kappa shape index (κ1) is 12.5. The van der Waals surface area contributed by atoms with Gasteiger partial charge in [0.2, 0.25) is 11.2 Å².